The molecule has 1 N–H and O–H groups in total. The van der Waals surface area contributed by atoms with Gasteiger partial charge in [0.1, 0.15) is 0 Å². The Labute approximate surface area is 109 Å². The van der Waals surface area contributed by atoms with Crippen molar-refractivity contribution in [2.75, 3.05) is 19.6 Å². The highest BCUT2D eigenvalue weighted by atomic mass is 15.2. The fraction of sp³-hybridized carbons (Fsp3) is 0.625. The van der Waals surface area contributed by atoms with E-state index in [1.807, 2.05) is 0 Å². The van der Waals surface area contributed by atoms with Gasteiger partial charge in [0.05, 0.1) is 0 Å². The molecule has 0 amide bonds. The van der Waals surface area contributed by atoms with E-state index >= 15 is 0 Å². The molecule has 0 saturated carbocycles. The van der Waals surface area contributed by atoms with Crippen molar-refractivity contribution < 1.29 is 0 Å². The second-order valence-corrected chi connectivity index (χ2v) is 6.65. The Balaban J connectivity index is 1.62. The van der Waals surface area contributed by atoms with Crippen LogP contribution in [0.1, 0.15) is 49.4 Å². The molecule has 0 radical (unpaired) electrons. The Kier molecular flexibility index (Phi) is 2.33. The molecular weight excluding hydrogens is 220 g/mol. The van der Waals surface area contributed by atoms with Gasteiger partial charge >= 0.3 is 0 Å². The van der Waals surface area contributed by atoms with Gasteiger partial charge in [-0.15, -0.1) is 0 Å². The Morgan fingerprint density at radius 2 is 1.89 bits per heavy atom. The summed E-state index contributed by atoms with van der Waals surface area (Å²) in [7, 11) is 0. The molecule has 2 bridgehead atoms. The zero-order valence-corrected chi connectivity index (χ0v) is 11.2. The van der Waals surface area contributed by atoms with Crippen molar-refractivity contribution >= 4 is 0 Å². The molecule has 4 rings (SSSR count). The van der Waals surface area contributed by atoms with Crippen LogP contribution in [-0.4, -0.2) is 24.5 Å². The molecule has 1 aromatic rings. The fourth-order valence-electron chi connectivity index (χ4n) is 4.32. The van der Waals surface area contributed by atoms with Gasteiger partial charge in [-0.25, -0.2) is 0 Å². The van der Waals surface area contributed by atoms with Crippen molar-refractivity contribution in [3.63, 3.8) is 0 Å². The van der Waals surface area contributed by atoms with E-state index in [-0.39, 0.29) is 0 Å². The first-order valence-electron chi connectivity index (χ1n) is 7.32. The average Bonchev–Trinajstić information content (AvgIpc) is 3.05. The summed E-state index contributed by atoms with van der Waals surface area (Å²) in [4.78, 5) is 2.79. The van der Waals surface area contributed by atoms with Gasteiger partial charge in [0.25, 0.3) is 0 Å². The summed E-state index contributed by atoms with van der Waals surface area (Å²) in [5.41, 5.74) is 3.72. The highest BCUT2D eigenvalue weighted by molar-refractivity contribution is 5.40. The van der Waals surface area contributed by atoms with E-state index in [0.717, 1.165) is 0 Å². The highest BCUT2D eigenvalue weighted by Gasteiger charge is 2.46. The maximum atomic E-state index is 3.53. The molecule has 3 heterocycles. The standard InChI is InChI=1S/C16H22N2/c1-16(8-9-17-10-16)11-18-14-6-7-15(18)13-5-3-2-4-12(13)14/h2-5,14-15,17H,6-11H2,1H3. The van der Waals surface area contributed by atoms with Crippen molar-refractivity contribution in [1.82, 2.24) is 10.2 Å². The second-order valence-electron chi connectivity index (χ2n) is 6.65. The number of nitrogens with zero attached hydrogens (tertiary/aromatic N) is 1. The molecule has 0 aliphatic carbocycles. The first-order valence-corrected chi connectivity index (χ1v) is 7.32. The van der Waals surface area contributed by atoms with Gasteiger partial charge in [-0.05, 0) is 42.3 Å². The molecule has 2 heteroatoms. The van der Waals surface area contributed by atoms with Crippen molar-refractivity contribution in [3.05, 3.63) is 35.4 Å². The zero-order valence-electron chi connectivity index (χ0n) is 11.2. The Morgan fingerprint density at radius 1 is 1.22 bits per heavy atom. The van der Waals surface area contributed by atoms with Gasteiger partial charge < -0.3 is 5.32 Å². The van der Waals surface area contributed by atoms with Gasteiger partial charge in [-0.2, -0.15) is 0 Å². The van der Waals surface area contributed by atoms with Gasteiger partial charge in [0.2, 0.25) is 0 Å². The van der Waals surface area contributed by atoms with E-state index < -0.39 is 0 Å². The average molecular weight is 242 g/mol. The van der Waals surface area contributed by atoms with Crippen LogP contribution in [0.15, 0.2) is 24.3 Å². The second kappa shape index (κ2) is 3.82. The van der Waals surface area contributed by atoms with Crippen molar-refractivity contribution in [3.8, 4) is 0 Å². The third-order valence-electron chi connectivity index (χ3n) is 5.25. The van der Waals surface area contributed by atoms with Crippen LogP contribution in [0.4, 0.5) is 0 Å². The maximum Gasteiger partial charge on any atom is 0.0358 e. The Hall–Kier alpha value is -0.860. The van der Waals surface area contributed by atoms with Crippen LogP contribution in [-0.2, 0) is 0 Å². The molecular formula is C16H22N2. The maximum absolute atomic E-state index is 3.53. The number of hydrogen-bond acceptors (Lipinski definition) is 2. The smallest absolute Gasteiger partial charge is 0.0358 e. The molecule has 0 spiro atoms. The number of fused-ring (bicyclic) bond motifs is 5. The van der Waals surface area contributed by atoms with Crippen LogP contribution >= 0.6 is 0 Å². The molecule has 2 fully saturated rings. The Bertz CT molecular complexity index is 431. The van der Waals surface area contributed by atoms with Gasteiger partial charge in [-0.3, -0.25) is 4.90 Å². The molecule has 18 heavy (non-hydrogen) atoms. The first kappa shape index (κ1) is 11.0. The minimum absolute atomic E-state index is 0.489. The highest BCUT2D eigenvalue weighted by Crippen LogP contribution is 2.54. The number of hydrogen-bond donors (Lipinski definition) is 1. The molecule has 3 atom stereocenters. The summed E-state index contributed by atoms with van der Waals surface area (Å²) in [5.74, 6) is 0. The lowest BCUT2D eigenvalue weighted by Crippen LogP contribution is -2.35. The monoisotopic (exact) mass is 242 g/mol. The summed E-state index contributed by atoms with van der Waals surface area (Å²) in [6.45, 7) is 6.12. The van der Waals surface area contributed by atoms with Crippen LogP contribution in [0.3, 0.4) is 0 Å². The Morgan fingerprint density at radius 3 is 2.44 bits per heavy atom. The van der Waals surface area contributed by atoms with E-state index in [0.29, 0.717) is 17.5 Å². The van der Waals surface area contributed by atoms with Crippen LogP contribution in [0.5, 0.6) is 0 Å². The third-order valence-corrected chi connectivity index (χ3v) is 5.25. The van der Waals surface area contributed by atoms with Crippen LogP contribution in [0.25, 0.3) is 0 Å². The van der Waals surface area contributed by atoms with Crippen LogP contribution in [0.2, 0.25) is 0 Å². The van der Waals surface area contributed by atoms with Gasteiger partial charge in [0.15, 0.2) is 0 Å². The van der Waals surface area contributed by atoms with E-state index in [1.165, 1.54) is 38.9 Å². The summed E-state index contributed by atoms with van der Waals surface area (Å²) in [6.07, 6.45) is 4.07. The first-order chi connectivity index (χ1) is 8.77. The predicted octanol–water partition coefficient (Wildman–Crippen LogP) is 2.88. The van der Waals surface area contributed by atoms with E-state index in [1.54, 1.807) is 11.1 Å². The molecule has 3 aliphatic heterocycles. The third kappa shape index (κ3) is 1.49. The SMILES string of the molecule is CC1(CN2C3CCC2c2ccccc23)CCNC1. The van der Waals surface area contributed by atoms with Crippen molar-refractivity contribution in [1.29, 1.82) is 0 Å². The number of rotatable bonds is 2. The fourth-order valence-corrected chi connectivity index (χ4v) is 4.32. The minimum atomic E-state index is 0.489. The van der Waals surface area contributed by atoms with E-state index in [2.05, 4.69) is 41.4 Å². The normalized spacial score (nSPS) is 38.3. The lowest BCUT2D eigenvalue weighted by Gasteiger charge is -2.32. The van der Waals surface area contributed by atoms with Crippen molar-refractivity contribution in [2.24, 2.45) is 5.41 Å². The predicted molar refractivity (Wildman–Crippen MR) is 73.5 cm³/mol. The summed E-state index contributed by atoms with van der Waals surface area (Å²) in [6, 6.07) is 10.5. The van der Waals surface area contributed by atoms with E-state index in [4.69, 9.17) is 0 Å². The molecule has 3 aliphatic rings. The zero-order chi connectivity index (χ0) is 12.2. The molecule has 2 saturated heterocycles. The molecule has 3 unspecified atom stereocenters. The van der Waals surface area contributed by atoms with E-state index in [9.17, 15) is 0 Å². The van der Waals surface area contributed by atoms with Gasteiger partial charge in [0, 0.05) is 25.2 Å². The summed E-state index contributed by atoms with van der Waals surface area (Å²) >= 11 is 0. The number of benzene rings is 1. The molecule has 1 aromatic carbocycles. The van der Waals surface area contributed by atoms with Crippen LogP contribution < -0.4 is 5.32 Å². The molecule has 2 nitrogen and oxygen atoms in total. The van der Waals surface area contributed by atoms with Gasteiger partial charge in [-0.1, -0.05) is 31.2 Å². The van der Waals surface area contributed by atoms with Crippen molar-refractivity contribution in [2.45, 2.75) is 38.3 Å². The minimum Gasteiger partial charge on any atom is -0.316 e. The quantitative estimate of drug-likeness (QED) is 0.858. The topological polar surface area (TPSA) is 15.3 Å². The lowest BCUT2D eigenvalue weighted by atomic mass is 9.89. The number of nitrogens with one attached hydrogen (secondary N) is 1. The summed E-state index contributed by atoms with van der Waals surface area (Å²) < 4.78 is 0. The largest absolute Gasteiger partial charge is 0.316 e. The van der Waals surface area contributed by atoms with Crippen LogP contribution in [0, 0.1) is 5.41 Å². The lowest BCUT2D eigenvalue weighted by molar-refractivity contribution is 0.142. The summed E-state index contributed by atoms with van der Waals surface area (Å²) in [5, 5.41) is 3.53. The molecule has 96 valence electrons. The molecule has 0 aromatic heterocycles.